The molecule has 8 heteroatoms. The van der Waals surface area contributed by atoms with Crippen LogP contribution in [0.15, 0.2) is 48.5 Å². The van der Waals surface area contributed by atoms with Crippen molar-refractivity contribution in [1.29, 1.82) is 0 Å². The maximum atomic E-state index is 14.0. The summed E-state index contributed by atoms with van der Waals surface area (Å²) in [6, 6.07) is 15.4. The number of benzene rings is 2. The van der Waals surface area contributed by atoms with Crippen molar-refractivity contribution in [2.75, 3.05) is 46.5 Å². The predicted octanol–water partition coefficient (Wildman–Crippen LogP) is 3.96. The molecule has 3 aromatic rings. The molecule has 2 aromatic carbocycles. The number of likely N-dealkylation sites (tertiary alicyclic amines) is 1. The fourth-order valence-electron chi connectivity index (χ4n) is 6.25. The van der Waals surface area contributed by atoms with Crippen molar-refractivity contribution in [3.63, 3.8) is 0 Å². The summed E-state index contributed by atoms with van der Waals surface area (Å²) in [6.45, 7) is 6.14. The van der Waals surface area contributed by atoms with E-state index in [-0.39, 0.29) is 18.0 Å². The number of H-pyrrole nitrogens is 1. The largest absolute Gasteiger partial charge is 0.491 e. The van der Waals surface area contributed by atoms with Crippen molar-refractivity contribution in [2.24, 2.45) is 0 Å². The summed E-state index contributed by atoms with van der Waals surface area (Å²) < 4.78 is 11.0. The zero-order valence-electron chi connectivity index (χ0n) is 21.5. The number of rotatable bonds is 8. The molecule has 2 fully saturated rings. The van der Waals surface area contributed by atoms with Gasteiger partial charge in [0.25, 0.3) is 5.91 Å². The molecule has 1 aromatic heterocycles. The van der Waals surface area contributed by atoms with E-state index in [4.69, 9.17) is 9.47 Å². The Morgan fingerprint density at radius 3 is 2.57 bits per heavy atom. The standard InChI is InChI=1S/C29H34N4O4/c1-29-19-23-22-18-21(37-17-16-36-2)10-11-24(22)30-25(23)26(20-8-4-3-5-9-20)33(29)28(35)32(27(29)34)15-14-31-12-6-7-13-31/h3-5,8-11,18,26,30H,6-7,12-17,19H2,1-2H3. The topological polar surface area (TPSA) is 78.1 Å². The molecule has 0 aliphatic carbocycles. The Balaban J connectivity index is 1.41. The van der Waals surface area contributed by atoms with Crippen LogP contribution in [-0.4, -0.2) is 83.7 Å². The van der Waals surface area contributed by atoms with E-state index >= 15 is 0 Å². The first-order chi connectivity index (χ1) is 18.0. The lowest BCUT2D eigenvalue weighted by atomic mass is 9.81. The Bertz CT molecular complexity index is 1320. The number of methoxy groups -OCH3 is 1. The zero-order chi connectivity index (χ0) is 25.6. The van der Waals surface area contributed by atoms with Gasteiger partial charge in [0.05, 0.1) is 6.61 Å². The summed E-state index contributed by atoms with van der Waals surface area (Å²) in [6.07, 6.45) is 2.82. The lowest BCUT2D eigenvalue weighted by Crippen LogP contribution is -2.53. The van der Waals surface area contributed by atoms with Gasteiger partial charge in [-0.25, -0.2) is 4.79 Å². The van der Waals surface area contributed by atoms with Crippen LogP contribution in [0.4, 0.5) is 4.79 Å². The maximum absolute atomic E-state index is 14.0. The number of amides is 3. The second-order valence-corrected chi connectivity index (χ2v) is 10.5. The average Bonchev–Trinajstić information content (AvgIpc) is 3.60. The third kappa shape index (κ3) is 3.99. The molecule has 0 spiro atoms. The van der Waals surface area contributed by atoms with Crippen LogP contribution in [0.1, 0.15) is 42.6 Å². The van der Waals surface area contributed by atoms with Crippen LogP contribution in [0, 0.1) is 0 Å². The van der Waals surface area contributed by atoms with E-state index in [0.29, 0.717) is 26.2 Å². The molecule has 3 amide bonds. The average molecular weight is 503 g/mol. The molecule has 8 nitrogen and oxygen atoms in total. The normalized spacial score (nSPS) is 23.7. The van der Waals surface area contributed by atoms with E-state index in [1.54, 1.807) is 7.11 Å². The summed E-state index contributed by atoms with van der Waals surface area (Å²) >= 11 is 0. The molecule has 2 atom stereocenters. The third-order valence-corrected chi connectivity index (χ3v) is 8.15. The quantitative estimate of drug-likeness (QED) is 0.373. The first-order valence-corrected chi connectivity index (χ1v) is 13.2. The molecule has 3 aliphatic heterocycles. The minimum absolute atomic E-state index is 0.106. The number of hydrogen-bond donors (Lipinski definition) is 1. The number of nitrogens with zero attached hydrogens (tertiary/aromatic N) is 3. The molecule has 4 heterocycles. The summed E-state index contributed by atoms with van der Waals surface area (Å²) in [7, 11) is 1.65. The Labute approximate surface area is 217 Å². The number of nitrogens with one attached hydrogen (secondary N) is 1. The lowest BCUT2D eigenvalue weighted by molar-refractivity contribution is -0.133. The Morgan fingerprint density at radius 2 is 1.81 bits per heavy atom. The van der Waals surface area contributed by atoms with Gasteiger partial charge in [0.2, 0.25) is 0 Å². The van der Waals surface area contributed by atoms with Gasteiger partial charge in [-0.05, 0) is 62.2 Å². The van der Waals surface area contributed by atoms with Gasteiger partial charge in [-0.15, -0.1) is 0 Å². The van der Waals surface area contributed by atoms with Crippen molar-refractivity contribution < 1.29 is 19.1 Å². The molecule has 1 N–H and O–H groups in total. The van der Waals surface area contributed by atoms with Crippen molar-refractivity contribution in [3.8, 4) is 5.75 Å². The highest BCUT2D eigenvalue weighted by Gasteiger charge is 2.60. The number of urea groups is 1. The van der Waals surface area contributed by atoms with Gasteiger partial charge in [-0.2, -0.15) is 0 Å². The summed E-state index contributed by atoms with van der Waals surface area (Å²) in [4.78, 5) is 37.2. The highest BCUT2D eigenvalue weighted by molar-refractivity contribution is 6.08. The van der Waals surface area contributed by atoms with Crippen LogP contribution in [0.2, 0.25) is 0 Å². The molecule has 0 bridgehead atoms. The molecule has 6 rings (SSSR count). The van der Waals surface area contributed by atoms with E-state index in [1.807, 2.05) is 60.4 Å². The monoisotopic (exact) mass is 502 g/mol. The van der Waals surface area contributed by atoms with E-state index < -0.39 is 5.54 Å². The van der Waals surface area contributed by atoms with E-state index in [0.717, 1.165) is 53.1 Å². The maximum Gasteiger partial charge on any atom is 0.328 e. The molecule has 0 radical (unpaired) electrons. The predicted molar refractivity (Wildman–Crippen MR) is 141 cm³/mol. The zero-order valence-corrected chi connectivity index (χ0v) is 21.5. The molecule has 194 valence electrons. The van der Waals surface area contributed by atoms with Crippen LogP contribution < -0.4 is 4.74 Å². The number of aromatic nitrogens is 1. The third-order valence-electron chi connectivity index (χ3n) is 8.15. The van der Waals surface area contributed by atoms with Crippen LogP contribution in [0.5, 0.6) is 5.75 Å². The number of fused-ring (bicyclic) bond motifs is 4. The van der Waals surface area contributed by atoms with Crippen molar-refractivity contribution >= 4 is 22.8 Å². The highest BCUT2D eigenvalue weighted by atomic mass is 16.5. The number of carbonyl (C=O) groups excluding carboxylic acids is 2. The van der Waals surface area contributed by atoms with Gasteiger partial charge >= 0.3 is 6.03 Å². The van der Waals surface area contributed by atoms with Crippen LogP contribution in [-0.2, 0) is 16.0 Å². The molecular weight excluding hydrogens is 468 g/mol. The van der Waals surface area contributed by atoms with Crippen molar-refractivity contribution in [2.45, 2.75) is 37.8 Å². The van der Waals surface area contributed by atoms with Gasteiger partial charge in [0, 0.05) is 43.2 Å². The van der Waals surface area contributed by atoms with E-state index in [2.05, 4.69) is 9.88 Å². The van der Waals surface area contributed by atoms with Crippen molar-refractivity contribution in [3.05, 3.63) is 65.4 Å². The Hall–Kier alpha value is -3.36. The second-order valence-electron chi connectivity index (χ2n) is 10.5. The van der Waals surface area contributed by atoms with Gasteiger partial charge in [0.1, 0.15) is 23.9 Å². The van der Waals surface area contributed by atoms with Gasteiger partial charge in [-0.3, -0.25) is 14.6 Å². The number of hydrogen-bond acceptors (Lipinski definition) is 5. The number of carbonyl (C=O) groups is 2. The first-order valence-electron chi connectivity index (χ1n) is 13.2. The summed E-state index contributed by atoms with van der Waals surface area (Å²) in [5, 5.41) is 1.03. The van der Waals surface area contributed by atoms with Crippen LogP contribution >= 0.6 is 0 Å². The number of aromatic amines is 1. The number of imide groups is 1. The van der Waals surface area contributed by atoms with Gasteiger partial charge in [-0.1, -0.05) is 30.3 Å². The molecular formula is C29H34N4O4. The summed E-state index contributed by atoms with van der Waals surface area (Å²) in [5.41, 5.74) is 3.04. The fourth-order valence-corrected chi connectivity index (χ4v) is 6.25. The lowest BCUT2D eigenvalue weighted by Gasteiger charge is -2.42. The SMILES string of the molecule is COCCOc1ccc2[nH]c3c(c2c1)CC1(C)C(=O)N(CCN2CCCC2)C(=O)N1C3c1ccccc1. The highest BCUT2D eigenvalue weighted by Crippen LogP contribution is 2.49. The van der Waals surface area contributed by atoms with Crippen LogP contribution in [0.3, 0.4) is 0 Å². The molecule has 0 saturated carbocycles. The smallest absolute Gasteiger partial charge is 0.328 e. The number of ether oxygens (including phenoxy) is 2. The first kappa shape index (κ1) is 24.0. The second kappa shape index (κ2) is 9.50. The Morgan fingerprint density at radius 1 is 1.03 bits per heavy atom. The minimum atomic E-state index is -0.961. The molecule has 2 unspecified atom stereocenters. The van der Waals surface area contributed by atoms with E-state index in [9.17, 15) is 9.59 Å². The minimum Gasteiger partial charge on any atom is -0.491 e. The van der Waals surface area contributed by atoms with E-state index in [1.165, 1.54) is 17.7 Å². The van der Waals surface area contributed by atoms with Gasteiger partial charge in [0.15, 0.2) is 0 Å². The van der Waals surface area contributed by atoms with Crippen molar-refractivity contribution in [1.82, 2.24) is 19.7 Å². The summed E-state index contributed by atoms with van der Waals surface area (Å²) in [5.74, 6) is 0.654. The molecule has 2 saturated heterocycles. The molecule has 3 aliphatic rings. The van der Waals surface area contributed by atoms with Crippen LogP contribution in [0.25, 0.3) is 10.9 Å². The van der Waals surface area contributed by atoms with Gasteiger partial charge < -0.3 is 19.4 Å². The molecule has 37 heavy (non-hydrogen) atoms. The fraction of sp³-hybridized carbons (Fsp3) is 0.448. The Kier molecular flexibility index (Phi) is 6.16.